The Morgan fingerprint density at radius 3 is 2.44 bits per heavy atom. The lowest BCUT2D eigenvalue weighted by Crippen LogP contribution is -2.30. The molecule has 0 atom stereocenters. The van der Waals surface area contributed by atoms with Gasteiger partial charge >= 0.3 is 5.97 Å². The number of ether oxygens (including phenoxy) is 1. The van der Waals surface area contributed by atoms with Gasteiger partial charge in [-0.05, 0) is 48.9 Å². The highest BCUT2D eigenvalue weighted by molar-refractivity contribution is 7.89. The molecule has 0 saturated heterocycles. The number of esters is 1. The molecule has 2 aromatic carbocycles. The topological polar surface area (TPSA) is 109 Å². The highest BCUT2D eigenvalue weighted by Gasteiger charge is 2.28. The minimum absolute atomic E-state index is 0.0152. The van der Waals surface area contributed by atoms with Crippen LogP contribution in [0.4, 0.5) is 0 Å². The molecule has 0 fully saturated rings. The van der Waals surface area contributed by atoms with E-state index in [9.17, 15) is 18.3 Å². The number of aliphatic hydroxyl groups is 1. The van der Waals surface area contributed by atoms with Crippen LogP contribution in [0.5, 0.6) is 0 Å². The number of hydrogen-bond acceptors (Lipinski definition) is 7. The van der Waals surface area contributed by atoms with E-state index in [-0.39, 0.29) is 35.0 Å². The molecular weight excluding hydrogens is 504 g/mol. The summed E-state index contributed by atoms with van der Waals surface area (Å²) < 4.78 is 38.7. The number of furan rings is 1. The first kappa shape index (κ1) is 25.4. The summed E-state index contributed by atoms with van der Waals surface area (Å²) in [5, 5.41) is 11.0. The number of aliphatic imine (C=N–C) groups is 1. The zero-order valence-corrected chi connectivity index (χ0v) is 21.1. The second-order valence-corrected chi connectivity index (χ2v) is 10.3. The fraction of sp³-hybridized carbons (Fsp3) is 0.154. The van der Waals surface area contributed by atoms with Gasteiger partial charge in [0, 0.05) is 17.6 Å². The number of carbonyl (C=O) groups excluding carboxylic acids is 1. The first-order valence-corrected chi connectivity index (χ1v) is 12.7. The van der Waals surface area contributed by atoms with Crippen LogP contribution in [0.2, 0.25) is 5.02 Å². The van der Waals surface area contributed by atoms with E-state index in [2.05, 4.69) is 9.73 Å². The number of sulfonamides is 1. The van der Waals surface area contributed by atoms with Crippen LogP contribution < -0.4 is 0 Å². The highest BCUT2D eigenvalue weighted by Crippen LogP contribution is 2.28. The molecule has 186 valence electrons. The number of benzene rings is 2. The normalized spacial score (nSPS) is 15.0. The highest BCUT2D eigenvalue weighted by atomic mass is 35.5. The maximum absolute atomic E-state index is 13.4. The van der Waals surface area contributed by atoms with Crippen molar-refractivity contribution in [1.82, 2.24) is 4.31 Å². The number of rotatable bonds is 8. The summed E-state index contributed by atoms with van der Waals surface area (Å²) in [5.41, 5.74) is 1.21. The Morgan fingerprint density at radius 2 is 1.78 bits per heavy atom. The Bertz CT molecular complexity index is 1470. The number of hydrogen-bond donors (Lipinski definition) is 1. The van der Waals surface area contributed by atoms with Crippen molar-refractivity contribution in [2.24, 2.45) is 4.99 Å². The second-order valence-electron chi connectivity index (χ2n) is 7.96. The Hall–Kier alpha value is -3.66. The molecule has 1 aliphatic heterocycles. The van der Waals surface area contributed by atoms with E-state index in [1.807, 2.05) is 0 Å². The van der Waals surface area contributed by atoms with E-state index in [0.717, 1.165) is 5.56 Å². The molecule has 36 heavy (non-hydrogen) atoms. The first-order valence-electron chi connectivity index (χ1n) is 10.9. The summed E-state index contributed by atoms with van der Waals surface area (Å²) >= 11 is 5.98. The molecule has 0 spiro atoms. The van der Waals surface area contributed by atoms with Crippen LogP contribution in [-0.2, 0) is 32.6 Å². The van der Waals surface area contributed by atoms with Gasteiger partial charge in [0.05, 0.1) is 24.3 Å². The van der Waals surface area contributed by atoms with Crippen LogP contribution in [-0.4, -0.2) is 36.6 Å². The predicted molar refractivity (Wildman–Crippen MR) is 136 cm³/mol. The van der Waals surface area contributed by atoms with Gasteiger partial charge in [-0.25, -0.2) is 18.2 Å². The van der Waals surface area contributed by atoms with Crippen LogP contribution in [0.1, 0.15) is 24.0 Å². The fourth-order valence-corrected chi connectivity index (χ4v) is 5.20. The maximum Gasteiger partial charge on any atom is 0.343 e. The Kier molecular flexibility index (Phi) is 7.44. The van der Waals surface area contributed by atoms with Crippen molar-refractivity contribution < 1.29 is 27.5 Å². The van der Waals surface area contributed by atoms with Gasteiger partial charge < -0.3 is 14.3 Å². The van der Waals surface area contributed by atoms with Crippen LogP contribution >= 0.6 is 11.6 Å². The zero-order chi connectivity index (χ0) is 25.9. The van der Waals surface area contributed by atoms with Crippen LogP contribution in [0.15, 0.2) is 98.1 Å². The van der Waals surface area contributed by atoms with Crippen molar-refractivity contribution in [2.75, 3.05) is 7.11 Å². The van der Waals surface area contributed by atoms with Gasteiger partial charge in [0.25, 0.3) is 0 Å². The summed E-state index contributed by atoms with van der Waals surface area (Å²) in [6.45, 7) is 1.64. The third-order valence-corrected chi connectivity index (χ3v) is 7.52. The maximum atomic E-state index is 13.4. The standard InChI is InChI=1S/C26H23ClN2O6S/c1-17-24(26(31)34-2)25(30)23(28-17)14-20-12-13-21(35-20)16-29(15-18-8-10-19(27)11-9-18)36(32,33)22-6-4-3-5-7-22/h3-14,30H,15-16H2,1-2H3/b23-14+. The quantitative estimate of drug-likeness (QED) is 0.408. The van der Waals surface area contributed by atoms with Crippen molar-refractivity contribution in [3.8, 4) is 0 Å². The van der Waals surface area contributed by atoms with Gasteiger partial charge in [0.1, 0.15) is 22.8 Å². The van der Waals surface area contributed by atoms with Crippen molar-refractivity contribution in [3.05, 3.63) is 106 Å². The molecule has 1 aliphatic rings. The SMILES string of the molecule is COC(=O)C1=C(O)/C(=C\c2ccc(CN(Cc3ccc(Cl)cc3)S(=O)(=O)c3ccccc3)o2)N=C1C. The molecule has 0 bridgehead atoms. The van der Waals surface area contributed by atoms with Gasteiger partial charge in [-0.3, -0.25) is 0 Å². The van der Waals surface area contributed by atoms with Gasteiger partial charge in [-0.15, -0.1) is 0 Å². The lowest BCUT2D eigenvalue weighted by Gasteiger charge is -2.21. The van der Waals surface area contributed by atoms with E-state index in [0.29, 0.717) is 22.3 Å². The predicted octanol–water partition coefficient (Wildman–Crippen LogP) is 5.12. The van der Waals surface area contributed by atoms with Gasteiger partial charge in [0.15, 0.2) is 5.76 Å². The van der Waals surface area contributed by atoms with Gasteiger partial charge in [0.2, 0.25) is 10.0 Å². The largest absolute Gasteiger partial charge is 0.505 e. The summed E-state index contributed by atoms with van der Waals surface area (Å²) in [4.78, 5) is 16.3. The molecule has 3 aromatic rings. The third kappa shape index (κ3) is 5.43. The van der Waals surface area contributed by atoms with Crippen LogP contribution in [0.3, 0.4) is 0 Å². The Balaban J connectivity index is 1.63. The minimum Gasteiger partial charge on any atom is -0.505 e. The number of nitrogens with zero attached hydrogens (tertiary/aromatic N) is 2. The van der Waals surface area contributed by atoms with E-state index in [1.54, 1.807) is 61.5 Å². The smallest absolute Gasteiger partial charge is 0.343 e. The summed E-state index contributed by atoms with van der Waals surface area (Å²) in [6.07, 6.45) is 1.47. The van der Waals surface area contributed by atoms with Crippen LogP contribution in [0.25, 0.3) is 6.08 Å². The van der Waals surface area contributed by atoms with Crippen molar-refractivity contribution >= 4 is 39.4 Å². The van der Waals surface area contributed by atoms with E-state index in [4.69, 9.17) is 16.0 Å². The molecule has 1 N–H and O–H groups in total. The number of methoxy groups -OCH3 is 1. The lowest BCUT2D eigenvalue weighted by atomic mass is 10.1. The molecular formula is C26H23ClN2O6S. The minimum atomic E-state index is -3.85. The van der Waals surface area contributed by atoms with Crippen molar-refractivity contribution in [1.29, 1.82) is 0 Å². The molecule has 8 nitrogen and oxygen atoms in total. The molecule has 0 aliphatic carbocycles. The van der Waals surface area contributed by atoms with Gasteiger partial charge in [-0.1, -0.05) is 41.9 Å². The summed E-state index contributed by atoms with van der Waals surface area (Å²) in [5.74, 6) is -0.294. The molecule has 1 aromatic heterocycles. The molecule has 0 amide bonds. The number of carbonyl (C=O) groups is 1. The molecule has 0 saturated carbocycles. The van der Waals surface area contributed by atoms with Crippen LogP contribution in [0, 0.1) is 0 Å². The number of halogens is 1. The van der Waals surface area contributed by atoms with E-state index >= 15 is 0 Å². The summed E-state index contributed by atoms with van der Waals surface area (Å²) in [7, 11) is -2.63. The second kappa shape index (κ2) is 10.5. The monoisotopic (exact) mass is 526 g/mol. The molecule has 2 heterocycles. The lowest BCUT2D eigenvalue weighted by molar-refractivity contribution is -0.135. The average molecular weight is 527 g/mol. The first-order chi connectivity index (χ1) is 17.2. The Morgan fingerprint density at radius 1 is 1.08 bits per heavy atom. The zero-order valence-electron chi connectivity index (χ0n) is 19.5. The third-order valence-electron chi connectivity index (χ3n) is 5.47. The van der Waals surface area contributed by atoms with E-state index < -0.39 is 16.0 Å². The van der Waals surface area contributed by atoms with Crippen molar-refractivity contribution in [3.63, 3.8) is 0 Å². The van der Waals surface area contributed by atoms with Crippen molar-refractivity contribution in [2.45, 2.75) is 24.9 Å². The molecule has 0 unspecified atom stereocenters. The molecule has 10 heteroatoms. The molecule has 0 radical (unpaired) electrons. The molecule has 4 rings (SSSR count). The average Bonchev–Trinajstić information content (AvgIpc) is 3.43. The van der Waals surface area contributed by atoms with E-state index in [1.165, 1.54) is 29.6 Å². The fourth-order valence-electron chi connectivity index (χ4n) is 3.66. The number of aliphatic hydroxyl groups excluding tert-OH is 1. The summed E-state index contributed by atoms with van der Waals surface area (Å²) in [6, 6.07) is 18.4. The van der Waals surface area contributed by atoms with Gasteiger partial charge in [-0.2, -0.15) is 4.31 Å². The Labute approximate surface area is 213 Å².